The van der Waals surface area contributed by atoms with Crippen molar-refractivity contribution in [3.63, 3.8) is 0 Å². The van der Waals surface area contributed by atoms with Gasteiger partial charge < -0.3 is 9.52 Å². The fourth-order valence-corrected chi connectivity index (χ4v) is 2.73. The number of hydrogen-bond acceptors (Lipinski definition) is 4. The molecule has 0 amide bonds. The van der Waals surface area contributed by atoms with E-state index in [9.17, 15) is 0 Å². The molecule has 1 aromatic rings. The van der Waals surface area contributed by atoms with Crippen molar-refractivity contribution in [3.05, 3.63) is 23.7 Å². The molecule has 1 aromatic heterocycles. The molecule has 1 aliphatic rings. The Morgan fingerprint density at radius 2 is 2.16 bits per heavy atom. The number of rotatable bonds is 6. The molecule has 0 saturated carbocycles. The Labute approximate surface area is 116 Å². The molecule has 4 nitrogen and oxygen atoms in total. The first-order valence-corrected chi connectivity index (χ1v) is 7.30. The van der Waals surface area contributed by atoms with E-state index in [1.54, 1.807) is 0 Å². The summed E-state index contributed by atoms with van der Waals surface area (Å²) in [5, 5.41) is 8.97. The number of hydrogen-bond donors (Lipinski definition) is 1. The van der Waals surface area contributed by atoms with Crippen LogP contribution < -0.4 is 0 Å². The van der Waals surface area contributed by atoms with Crippen molar-refractivity contribution in [2.45, 2.75) is 45.4 Å². The quantitative estimate of drug-likeness (QED) is 0.856. The molecule has 1 N–H and O–H groups in total. The van der Waals surface area contributed by atoms with Crippen molar-refractivity contribution in [3.8, 4) is 0 Å². The van der Waals surface area contributed by atoms with Gasteiger partial charge in [0, 0.05) is 19.1 Å². The molecule has 2 heterocycles. The average Bonchev–Trinajstić information content (AvgIpc) is 2.85. The van der Waals surface area contributed by atoms with Gasteiger partial charge >= 0.3 is 0 Å². The summed E-state index contributed by atoms with van der Waals surface area (Å²) in [7, 11) is 2.12. The third-order valence-electron chi connectivity index (χ3n) is 4.01. The van der Waals surface area contributed by atoms with Crippen molar-refractivity contribution < 1.29 is 9.52 Å². The van der Waals surface area contributed by atoms with Crippen LogP contribution in [0.2, 0.25) is 0 Å². The molecular formula is C15H26N2O2. The SMILES string of the molecule is C[C@@H]1CCCCN1CCN(C)Cc1ccc(CO)o1. The normalized spacial score (nSPS) is 21.2. The predicted octanol–water partition coefficient (Wildman–Crippen LogP) is 2.08. The first-order valence-electron chi connectivity index (χ1n) is 7.30. The number of likely N-dealkylation sites (tertiary alicyclic amines) is 1. The van der Waals surface area contributed by atoms with E-state index in [0.29, 0.717) is 5.76 Å². The van der Waals surface area contributed by atoms with Crippen LogP contribution in [0.1, 0.15) is 37.7 Å². The maximum Gasteiger partial charge on any atom is 0.129 e. The first-order chi connectivity index (χ1) is 9.19. The van der Waals surface area contributed by atoms with Gasteiger partial charge in [-0.05, 0) is 45.5 Å². The van der Waals surface area contributed by atoms with E-state index < -0.39 is 0 Å². The number of likely N-dealkylation sites (N-methyl/N-ethyl adjacent to an activating group) is 1. The Kier molecular flexibility index (Phi) is 5.43. The molecule has 0 aromatic carbocycles. The van der Waals surface area contributed by atoms with Crippen LogP contribution in [0.3, 0.4) is 0 Å². The highest BCUT2D eigenvalue weighted by Gasteiger charge is 2.18. The molecule has 1 fully saturated rings. The summed E-state index contributed by atoms with van der Waals surface area (Å²) in [4.78, 5) is 4.86. The van der Waals surface area contributed by atoms with Crippen molar-refractivity contribution in [1.82, 2.24) is 9.80 Å². The average molecular weight is 266 g/mol. The van der Waals surface area contributed by atoms with Crippen LogP contribution in [0.5, 0.6) is 0 Å². The van der Waals surface area contributed by atoms with Crippen LogP contribution in [-0.2, 0) is 13.2 Å². The Balaban J connectivity index is 1.73. The number of furan rings is 1. The maximum absolute atomic E-state index is 8.97. The van der Waals surface area contributed by atoms with Crippen LogP contribution in [0.25, 0.3) is 0 Å². The van der Waals surface area contributed by atoms with E-state index in [1.807, 2.05) is 12.1 Å². The van der Waals surface area contributed by atoms with E-state index in [-0.39, 0.29) is 6.61 Å². The van der Waals surface area contributed by atoms with Crippen LogP contribution in [0, 0.1) is 0 Å². The lowest BCUT2D eigenvalue weighted by Crippen LogP contribution is -2.41. The summed E-state index contributed by atoms with van der Waals surface area (Å²) in [6.07, 6.45) is 4.05. The molecule has 1 atom stereocenters. The second-order valence-corrected chi connectivity index (χ2v) is 5.64. The molecular weight excluding hydrogens is 240 g/mol. The highest BCUT2D eigenvalue weighted by Crippen LogP contribution is 2.16. The zero-order valence-corrected chi connectivity index (χ0v) is 12.1. The summed E-state index contributed by atoms with van der Waals surface area (Å²) < 4.78 is 5.51. The Hall–Kier alpha value is -0.840. The molecule has 0 bridgehead atoms. The van der Waals surface area contributed by atoms with Crippen molar-refractivity contribution in [2.24, 2.45) is 0 Å². The monoisotopic (exact) mass is 266 g/mol. The summed E-state index contributed by atoms with van der Waals surface area (Å²) in [5.41, 5.74) is 0. The van der Waals surface area contributed by atoms with Crippen molar-refractivity contribution in [2.75, 3.05) is 26.7 Å². The van der Waals surface area contributed by atoms with Gasteiger partial charge in [-0.25, -0.2) is 0 Å². The van der Waals surface area contributed by atoms with E-state index in [0.717, 1.165) is 31.4 Å². The molecule has 2 rings (SSSR count). The minimum atomic E-state index is -0.0188. The molecule has 1 saturated heterocycles. The zero-order valence-electron chi connectivity index (χ0n) is 12.1. The smallest absolute Gasteiger partial charge is 0.129 e. The third-order valence-corrected chi connectivity index (χ3v) is 4.01. The maximum atomic E-state index is 8.97. The summed E-state index contributed by atoms with van der Waals surface area (Å²) in [5.74, 6) is 1.58. The van der Waals surface area contributed by atoms with Crippen molar-refractivity contribution in [1.29, 1.82) is 0 Å². The lowest BCUT2D eigenvalue weighted by atomic mass is 10.0. The van der Waals surface area contributed by atoms with Crippen LogP contribution in [-0.4, -0.2) is 47.6 Å². The van der Waals surface area contributed by atoms with Gasteiger partial charge in [-0.2, -0.15) is 0 Å². The highest BCUT2D eigenvalue weighted by molar-refractivity contribution is 5.06. The fourth-order valence-electron chi connectivity index (χ4n) is 2.73. The van der Waals surface area contributed by atoms with Crippen LogP contribution in [0.4, 0.5) is 0 Å². The standard InChI is InChI=1S/C15H26N2O2/c1-13-5-3-4-8-17(13)10-9-16(2)11-14-6-7-15(12-18)19-14/h6-7,13,18H,3-5,8-12H2,1-2H3/t13-/m1/s1. The van der Waals surface area contributed by atoms with Gasteiger partial charge in [0.1, 0.15) is 18.1 Å². The van der Waals surface area contributed by atoms with E-state index in [4.69, 9.17) is 9.52 Å². The zero-order chi connectivity index (χ0) is 13.7. The number of nitrogens with zero attached hydrogens (tertiary/aromatic N) is 2. The molecule has 108 valence electrons. The van der Waals surface area contributed by atoms with E-state index in [1.165, 1.54) is 25.8 Å². The topological polar surface area (TPSA) is 39.9 Å². The second-order valence-electron chi connectivity index (χ2n) is 5.64. The van der Waals surface area contributed by atoms with E-state index >= 15 is 0 Å². The Morgan fingerprint density at radius 1 is 1.37 bits per heavy atom. The van der Waals surface area contributed by atoms with Gasteiger partial charge in [-0.3, -0.25) is 9.80 Å². The summed E-state index contributed by atoms with van der Waals surface area (Å²) in [6.45, 7) is 6.55. The molecule has 1 aliphatic heterocycles. The highest BCUT2D eigenvalue weighted by atomic mass is 16.4. The molecule has 0 spiro atoms. The fraction of sp³-hybridized carbons (Fsp3) is 0.733. The second kappa shape index (κ2) is 7.08. The molecule has 0 unspecified atom stereocenters. The molecule has 0 aliphatic carbocycles. The van der Waals surface area contributed by atoms with Crippen LogP contribution in [0.15, 0.2) is 16.5 Å². The van der Waals surface area contributed by atoms with Gasteiger partial charge in [0.2, 0.25) is 0 Å². The minimum Gasteiger partial charge on any atom is -0.462 e. The van der Waals surface area contributed by atoms with Gasteiger partial charge in [0.25, 0.3) is 0 Å². The summed E-state index contributed by atoms with van der Waals surface area (Å²) >= 11 is 0. The first kappa shape index (κ1) is 14.6. The lowest BCUT2D eigenvalue weighted by molar-refractivity contribution is 0.138. The van der Waals surface area contributed by atoms with Gasteiger partial charge in [0.05, 0.1) is 6.54 Å². The molecule has 4 heteroatoms. The third kappa shape index (κ3) is 4.34. The molecule has 19 heavy (non-hydrogen) atoms. The van der Waals surface area contributed by atoms with E-state index in [2.05, 4.69) is 23.8 Å². The predicted molar refractivity (Wildman–Crippen MR) is 75.9 cm³/mol. The molecule has 0 radical (unpaired) electrons. The largest absolute Gasteiger partial charge is 0.462 e. The van der Waals surface area contributed by atoms with Crippen molar-refractivity contribution >= 4 is 0 Å². The Morgan fingerprint density at radius 3 is 2.84 bits per heavy atom. The van der Waals surface area contributed by atoms with Gasteiger partial charge in [0.15, 0.2) is 0 Å². The lowest BCUT2D eigenvalue weighted by Gasteiger charge is -2.34. The van der Waals surface area contributed by atoms with Crippen LogP contribution >= 0.6 is 0 Å². The Bertz CT molecular complexity index is 378. The number of aliphatic hydroxyl groups excluding tert-OH is 1. The number of piperidine rings is 1. The number of aliphatic hydroxyl groups is 1. The summed E-state index contributed by atoms with van der Waals surface area (Å²) in [6, 6.07) is 4.52. The van der Waals surface area contributed by atoms with Gasteiger partial charge in [-0.15, -0.1) is 0 Å². The van der Waals surface area contributed by atoms with Gasteiger partial charge in [-0.1, -0.05) is 6.42 Å². The minimum absolute atomic E-state index is 0.0188.